The van der Waals surface area contributed by atoms with Crippen LogP contribution in [0.3, 0.4) is 0 Å². The van der Waals surface area contributed by atoms with E-state index in [2.05, 4.69) is 27.6 Å². The molecule has 0 aliphatic carbocycles. The lowest BCUT2D eigenvalue weighted by Crippen LogP contribution is -2.41. The standard InChI is InChI=1S/C17H23N3OS/c1-2-21-15-8-6-14(7-9-15)16-12-18-17(22-16)13-19-20-10-4-3-5-11-20/h6-9,12,19H,2-5,10-11,13H2,1H3. The normalized spacial score (nSPS) is 15.9. The van der Waals surface area contributed by atoms with Gasteiger partial charge in [0.1, 0.15) is 10.8 Å². The Labute approximate surface area is 136 Å². The first-order valence-corrected chi connectivity index (χ1v) is 8.83. The van der Waals surface area contributed by atoms with Gasteiger partial charge in [-0.15, -0.1) is 11.3 Å². The highest BCUT2D eigenvalue weighted by Crippen LogP contribution is 2.27. The Bertz CT molecular complexity index is 576. The van der Waals surface area contributed by atoms with Gasteiger partial charge in [-0.2, -0.15) is 0 Å². The second-order valence-corrected chi connectivity index (χ2v) is 6.57. The molecule has 0 atom stereocenters. The van der Waals surface area contributed by atoms with Crippen LogP contribution in [0.25, 0.3) is 10.4 Å². The molecule has 0 saturated carbocycles. The average molecular weight is 317 g/mol. The minimum Gasteiger partial charge on any atom is -0.494 e. The summed E-state index contributed by atoms with van der Waals surface area (Å²) < 4.78 is 5.48. The number of aromatic nitrogens is 1. The molecule has 1 saturated heterocycles. The Morgan fingerprint density at radius 3 is 2.68 bits per heavy atom. The van der Waals surface area contributed by atoms with Gasteiger partial charge in [-0.1, -0.05) is 6.42 Å². The number of nitrogens with one attached hydrogen (secondary N) is 1. The number of ether oxygens (including phenoxy) is 1. The van der Waals surface area contributed by atoms with E-state index in [-0.39, 0.29) is 0 Å². The molecule has 0 unspecified atom stereocenters. The zero-order valence-electron chi connectivity index (χ0n) is 13.0. The van der Waals surface area contributed by atoms with Gasteiger partial charge in [0.05, 0.1) is 18.0 Å². The van der Waals surface area contributed by atoms with Crippen LogP contribution in [0.1, 0.15) is 31.2 Å². The zero-order chi connectivity index (χ0) is 15.2. The van der Waals surface area contributed by atoms with E-state index in [0.29, 0.717) is 6.61 Å². The highest BCUT2D eigenvalue weighted by atomic mass is 32.1. The summed E-state index contributed by atoms with van der Waals surface area (Å²) in [7, 11) is 0. The van der Waals surface area contributed by atoms with Gasteiger partial charge in [0.15, 0.2) is 0 Å². The molecule has 2 heterocycles. The molecule has 1 fully saturated rings. The molecule has 22 heavy (non-hydrogen) atoms. The van der Waals surface area contributed by atoms with Crippen molar-refractivity contribution in [3.8, 4) is 16.2 Å². The largest absolute Gasteiger partial charge is 0.494 e. The molecule has 1 aliphatic rings. The Kier molecular flexibility index (Phi) is 5.43. The van der Waals surface area contributed by atoms with Crippen LogP contribution < -0.4 is 10.2 Å². The molecule has 1 aromatic heterocycles. The van der Waals surface area contributed by atoms with Crippen LogP contribution in [0, 0.1) is 0 Å². The fourth-order valence-corrected chi connectivity index (χ4v) is 3.49. The van der Waals surface area contributed by atoms with Crippen molar-refractivity contribution >= 4 is 11.3 Å². The van der Waals surface area contributed by atoms with Gasteiger partial charge in [-0.25, -0.2) is 15.4 Å². The Morgan fingerprint density at radius 2 is 1.95 bits per heavy atom. The Morgan fingerprint density at radius 1 is 1.18 bits per heavy atom. The molecule has 4 nitrogen and oxygen atoms in total. The SMILES string of the molecule is CCOc1ccc(-c2cnc(CNN3CCCCC3)s2)cc1. The molecular formula is C17H23N3OS. The summed E-state index contributed by atoms with van der Waals surface area (Å²) in [6, 6.07) is 8.23. The van der Waals surface area contributed by atoms with Crippen LogP contribution in [0.15, 0.2) is 30.5 Å². The number of thiazole rings is 1. The number of piperidine rings is 1. The number of hydrogen-bond acceptors (Lipinski definition) is 5. The average Bonchev–Trinajstić information content (AvgIpc) is 3.04. The van der Waals surface area contributed by atoms with Crippen molar-refractivity contribution in [3.05, 3.63) is 35.5 Å². The van der Waals surface area contributed by atoms with Crippen molar-refractivity contribution < 1.29 is 4.74 Å². The van der Waals surface area contributed by atoms with E-state index < -0.39 is 0 Å². The van der Waals surface area contributed by atoms with Crippen LogP contribution in [0.4, 0.5) is 0 Å². The quantitative estimate of drug-likeness (QED) is 0.881. The topological polar surface area (TPSA) is 37.4 Å². The first-order chi connectivity index (χ1) is 10.8. The zero-order valence-corrected chi connectivity index (χ0v) is 13.9. The molecule has 2 aromatic rings. The molecule has 0 amide bonds. The minimum atomic E-state index is 0.701. The van der Waals surface area contributed by atoms with Crippen LogP contribution in [-0.2, 0) is 6.54 Å². The number of hydrogen-bond donors (Lipinski definition) is 1. The monoisotopic (exact) mass is 317 g/mol. The van der Waals surface area contributed by atoms with Crippen LogP contribution in [0.2, 0.25) is 0 Å². The summed E-state index contributed by atoms with van der Waals surface area (Å²) >= 11 is 1.75. The van der Waals surface area contributed by atoms with Crippen molar-refractivity contribution in [2.24, 2.45) is 0 Å². The molecule has 0 bridgehead atoms. The van der Waals surface area contributed by atoms with Crippen molar-refractivity contribution in [2.75, 3.05) is 19.7 Å². The molecule has 1 aliphatic heterocycles. The molecule has 0 spiro atoms. The van der Waals surface area contributed by atoms with E-state index in [1.54, 1.807) is 11.3 Å². The first kappa shape index (κ1) is 15.5. The van der Waals surface area contributed by atoms with Crippen molar-refractivity contribution in [1.82, 2.24) is 15.4 Å². The number of rotatable bonds is 6. The molecule has 5 heteroatoms. The molecule has 0 radical (unpaired) electrons. The Hall–Kier alpha value is -1.43. The highest BCUT2D eigenvalue weighted by Gasteiger charge is 2.10. The maximum absolute atomic E-state index is 5.48. The summed E-state index contributed by atoms with van der Waals surface area (Å²) in [4.78, 5) is 5.74. The highest BCUT2D eigenvalue weighted by molar-refractivity contribution is 7.15. The van der Waals surface area contributed by atoms with E-state index in [4.69, 9.17) is 4.74 Å². The lowest BCUT2D eigenvalue weighted by atomic mass is 10.2. The number of hydrazine groups is 1. The lowest BCUT2D eigenvalue weighted by Gasteiger charge is -2.26. The second-order valence-electron chi connectivity index (χ2n) is 5.46. The molecule has 1 aromatic carbocycles. The summed E-state index contributed by atoms with van der Waals surface area (Å²) in [5, 5.41) is 3.45. The van der Waals surface area contributed by atoms with Gasteiger partial charge in [-0.3, -0.25) is 0 Å². The van der Waals surface area contributed by atoms with Gasteiger partial charge in [0.25, 0.3) is 0 Å². The lowest BCUT2D eigenvalue weighted by molar-refractivity contribution is 0.151. The van der Waals surface area contributed by atoms with E-state index in [1.165, 1.54) is 29.7 Å². The smallest absolute Gasteiger partial charge is 0.119 e. The van der Waals surface area contributed by atoms with Crippen LogP contribution in [-0.4, -0.2) is 29.7 Å². The fourth-order valence-electron chi connectivity index (χ4n) is 2.64. The predicted molar refractivity (Wildman–Crippen MR) is 91.0 cm³/mol. The van der Waals surface area contributed by atoms with E-state index in [1.807, 2.05) is 25.3 Å². The van der Waals surface area contributed by atoms with E-state index >= 15 is 0 Å². The molecule has 118 valence electrons. The second kappa shape index (κ2) is 7.72. The maximum atomic E-state index is 5.48. The van der Waals surface area contributed by atoms with Gasteiger partial charge >= 0.3 is 0 Å². The van der Waals surface area contributed by atoms with E-state index in [0.717, 1.165) is 30.4 Å². The van der Waals surface area contributed by atoms with Crippen molar-refractivity contribution in [1.29, 1.82) is 0 Å². The summed E-state index contributed by atoms with van der Waals surface area (Å²) in [6.45, 7) is 5.82. The predicted octanol–water partition coefficient (Wildman–Crippen LogP) is 3.70. The van der Waals surface area contributed by atoms with Gasteiger partial charge in [0.2, 0.25) is 0 Å². The van der Waals surface area contributed by atoms with E-state index in [9.17, 15) is 0 Å². The summed E-state index contributed by atoms with van der Waals surface area (Å²) in [6.07, 6.45) is 5.91. The van der Waals surface area contributed by atoms with Crippen LogP contribution >= 0.6 is 11.3 Å². The third-order valence-electron chi connectivity index (χ3n) is 3.81. The summed E-state index contributed by atoms with van der Waals surface area (Å²) in [5.74, 6) is 0.919. The van der Waals surface area contributed by atoms with Gasteiger partial charge in [-0.05, 0) is 49.6 Å². The van der Waals surface area contributed by atoms with Gasteiger partial charge < -0.3 is 4.74 Å². The first-order valence-electron chi connectivity index (χ1n) is 8.01. The van der Waals surface area contributed by atoms with Crippen molar-refractivity contribution in [3.63, 3.8) is 0 Å². The van der Waals surface area contributed by atoms with Crippen molar-refractivity contribution in [2.45, 2.75) is 32.7 Å². The summed E-state index contributed by atoms with van der Waals surface area (Å²) in [5.41, 5.74) is 4.69. The minimum absolute atomic E-state index is 0.701. The number of nitrogens with zero attached hydrogens (tertiary/aromatic N) is 2. The third kappa shape index (κ3) is 4.06. The Balaban J connectivity index is 1.58. The molecule has 1 N–H and O–H groups in total. The van der Waals surface area contributed by atoms with Crippen LogP contribution in [0.5, 0.6) is 5.75 Å². The molecule has 3 rings (SSSR count). The molecular weight excluding hydrogens is 294 g/mol. The maximum Gasteiger partial charge on any atom is 0.119 e. The number of benzene rings is 1. The fraction of sp³-hybridized carbons (Fsp3) is 0.471. The van der Waals surface area contributed by atoms with Gasteiger partial charge in [0, 0.05) is 19.3 Å². The third-order valence-corrected chi connectivity index (χ3v) is 4.86.